The van der Waals surface area contributed by atoms with E-state index in [0.29, 0.717) is 17.9 Å². The van der Waals surface area contributed by atoms with Crippen molar-refractivity contribution < 1.29 is 8.42 Å². The van der Waals surface area contributed by atoms with Crippen molar-refractivity contribution >= 4 is 10.0 Å². The molecular weight excluding hydrogens is 322 g/mol. The smallest absolute Gasteiger partial charge is 0.211 e. The molecule has 2 N–H and O–H groups in total. The standard InChI is InChI=1S/C18H35N3O2S/c1-2-24(22,23)20-14-16-3-6-18(7-4-16)8-11-21(12-9-18)15-17-5-10-19-13-17/h16-17,19-20H,2-15H2,1H3/t17-/m0/s1. The second-order valence-corrected chi connectivity index (χ2v) is 10.5. The van der Waals surface area contributed by atoms with E-state index in [1.807, 2.05) is 0 Å². The van der Waals surface area contributed by atoms with E-state index >= 15 is 0 Å². The van der Waals surface area contributed by atoms with E-state index in [4.69, 9.17) is 0 Å². The fourth-order valence-corrected chi connectivity index (χ4v) is 5.48. The Morgan fingerprint density at radius 2 is 1.79 bits per heavy atom. The highest BCUT2D eigenvalue weighted by atomic mass is 32.2. The lowest BCUT2D eigenvalue weighted by atomic mass is 9.65. The Kier molecular flexibility index (Phi) is 6.22. The number of nitrogens with zero attached hydrogens (tertiary/aromatic N) is 1. The zero-order valence-electron chi connectivity index (χ0n) is 15.2. The summed E-state index contributed by atoms with van der Waals surface area (Å²) in [7, 11) is -3.03. The number of hydrogen-bond donors (Lipinski definition) is 2. The zero-order chi connectivity index (χ0) is 17.0. The predicted octanol–water partition coefficient (Wildman–Crippen LogP) is 1.81. The molecule has 2 aliphatic heterocycles. The molecule has 1 spiro atoms. The van der Waals surface area contributed by atoms with Crippen LogP contribution in [-0.4, -0.2) is 58.3 Å². The van der Waals surface area contributed by atoms with Gasteiger partial charge >= 0.3 is 0 Å². The van der Waals surface area contributed by atoms with Gasteiger partial charge in [-0.05, 0) is 95.3 Å². The normalized spacial score (nSPS) is 29.3. The molecule has 0 aromatic carbocycles. The van der Waals surface area contributed by atoms with Crippen LogP contribution >= 0.6 is 0 Å². The fraction of sp³-hybridized carbons (Fsp3) is 1.00. The first kappa shape index (κ1) is 18.6. The molecule has 0 unspecified atom stereocenters. The largest absolute Gasteiger partial charge is 0.316 e. The van der Waals surface area contributed by atoms with Crippen LogP contribution in [0.2, 0.25) is 0 Å². The number of sulfonamides is 1. The van der Waals surface area contributed by atoms with Gasteiger partial charge in [-0.2, -0.15) is 0 Å². The molecule has 1 atom stereocenters. The van der Waals surface area contributed by atoms with E-state index in [1.54, 1.807) is 6.92 Å². The molecule has 3 aliphatic rings. The summed E-state index contributed by atoms with van der Waals surface area (Å²) in [6.07, 6.45) is 9.02. The van der Waals surface area contributed by atoms with E-state index in [1.165, 1.54) is 77.7 Å². The van der Waals surface area contributed by atoms with Gasteiger partial charge in [-0.25, -0.2) is 13.1 Å². The van der Waals surface area contributed by atoms with Gasteiger partial charge in [0.05, 0.1) is 5.75 Å². The van der Waals surface area contributed by atoms with Crippen molar-refractivity contribution in [3.63, 3.8) is 0 Å². The van der Waals surface area contributed by atoms with E-state index in [2.05, 4.69) is 14.9 Å². The molecule has 0 amide bonds. The number of piperidine rings is 1. The van der Waals surface area contributed by atoms with Crippen LogP contribution in [0.4, 0.5) is 0 Å². The van der Waals surface area contributed by atoms with Crippen LogP contribution in [0.5, 0.6) is 0 Å². The van der Waals surface area contributed by atoms with Crippen molar-refractivity contribution in [1.29, 1.82) is 0 Å². The third-order valence-electron chi connectivity index (χ3n) is 6.73. The summed E-state index contributed by atoms with van der Waals surface area (Å²) in [5.41, 5.74) is 0.560. The highest BCUT2D eigenvalue weighted by Crippen LogP contribution is 2.46. The Bertz CT molecular complexity index is 484. The molecule has 24 heavy (non-hydrogen) atoms. The van der Waals surface area contributed by atoms with E-state index in [-0.39, 0.29) is 5.75 Å². The lowest BCUT2D eigenvalue weighted by molar-refractivity contribution is 0.0474. The first-order chi connectivity index (χ1) is 11.5. The second kappa shape index (κ2) is 8.02. The number of rotatable bonds is 6. The van der Waals surface area contributed by atoms with Crippen LogP contribution in [0.25, 0.3) is 0 Å². The average Bonchev–Trinajstić information content (AvgIpc) is 3.10. The topological polar surface area (TPSA) is 61.4 Å². The van der Waals surface area contributed by atoms with Gasteiger partial charge in [0, 0.05) is 13.1 Å². The van der Waals surface area contributed by atoms with Crippen molar-refractivity contribution in [3.05, 3.63) is 0 Å². The molecule has 0 aromatic rings. The van der Waals surface area contributed by atoms with Crippen LogP contribution in [0.1, 0.15) is 51.9 Å². The maximum absolute atomic E-state index is 11.6. The highest BCUT2D eigenvalue weighted by molar-refractivity contribution is 7.89. The molecule has 3 fully saturated rings. The molecule has 0 bridgehead atoms. The molecule has 6 heteroatoms. The molecule has 3 rings (SSSR count). The number of hydrogen-bond acceptors (Lipinski definition) is 4. The molecule has 1 aliphatic carbocycles. The minimum atomic E-state index is -3.03. The lowest BCUT2D eigenvalue weighted by Gasteiger charge is -2.46. The molecular formula is C18H35N3O2S. The summed E-state index contributed by atoms with van der Waals surface area (Å²) in [6, 6.07) is 0. The van der Waals surface area contributed by atoms with E-state index in [9.17, 15) is 8.42 Å². The summed E-state index contributed by atoms with van der Waals surface area (Å²) in [5.74, 6) is 1.59. The SMILES string of the molecule is CCS(=O)(=O)NCC1CCC2(CC1)CCN(C[C@H]1CCNC1)CC2. The first-order valence-corrected chi connectivity index (χ1v) is 11.6. The zero-order valence-corrected chi connectivity index (χ0v) is 16.0. The minimum absolute atomic E-state index is 0.190. The van der Waals surface area contributed by atoms with E-state index < -0.39 is 10.0 Å². The molecule has 140 valence electrons. The quantitative estimate of drug-likeness (QED) is 0.761. The van der Waals surface area contributed by atoms with Crippen molar-refractivity contribution in [2.45, 2.75) is 51.9 Å². The van der Waals surface area contributed by atoms with Crippen molar-refractivity contribution in [2.75, 3.05) is 45.0 Å². The third kappa shape index (κ3) is 4.93. The van der Waals surface area contributed by atoms with Gasteiger partial charge in [-0.3, -0.25) is 0 Å². The van der Waals surface area contributed by atoms with Gasteiger partial charge in [0.1, 0.15) is 0 Å². The summed E-state index contributed by atoms with van der Waals surface area (Å²) in [4.78, 5) is 2.68. The van der Waals surface area contributed by atoms with Gasteiger partial charge in [0.25, 0.3) is 0 Å². The van der Waals surface area contributed by atoms with Crippen LogP contribution in [0, 0.1) is 17.3 Å². The molecule has 2 saturated heterocycles. The van der Waals surface area contributed by atoms with Crippen LogP contribution < -0.4 is 10.0 Å². The third-order valence-corrected chi connectivity index (χ3v) is 8.10. The van der Waals surface area contributed by atoms with Gasteiger partial charge in [-0.1, -0.05) is 0 Å². The minimum Gasteiger partial charge on any atom is -0.316 e. The molecule has 0 aromatic heterocycles. The molecule has 1 saturated carbocycles. The van der Waals surface area contributed by atoms with Crippen molar-refractivity contribution in [3.8, 4) is 0 Å². The van der Waals surface area contributed by atoms with Gasteiger partial charge < -0.3 is 10.2 Å². The highest BCUT2D eigenvalue weighted by Gasteiger charge is 2.38. The fourth-order valence-electron chi connectivity index (χ4n) is 4.79. The number of nitrogens with one attached hydrogen (secondary N) is 2. The maximum Gasteiger partial charge on any atom is 0.211 e. The van der Waals surface area contributed by atoms with E-state index in [0.717, 1.165) is 5.92 Å². The Morgan fingerprint density at radius 3 is 2.38 bits per heavy atom. The Balaban J connectivity index is 1.38. The van der Waals surface area contributed by atoms with Crippen molar-refractivity contribution in [2.24, 2.45) is 17.3 Å². The summed E-state index contributed by atoms with van der Waals surface area (Å²) in [5, 5.41) is 3.47. The van der Waals surface area contributed by atoms with Crippen LogP contribution in [0.15, 0.2) is 0 Å². The first-order valence-electron chi connectivity index (χ1n) is 9.91. The monoisotopic (exact) mass is 357 g/mol. The van der Waals surface area contributed by atoms with Gasteiger partial charge in [0.2, 0.25) is 10.0 Å². The molecule has 2 heterocycles. The van der Waals surface area contributed by atoms with Crippen LogP contribution in [0.3, 0.4) is 0 Å². The molecule has 0 radical (unpaired) electrons. The number of likely N-dealkylation sites (tertiary alicyclic amines) is 1. The molecule has 5 nitrogen and oxygen atoms in total. The Labute approximate surface area is 148 Å². The van der Waals surface area contributed by atoms with Gasteiger partial charge in [0.15, 0.2) is 0 Å². The van der Waals surface area contributed by atoms with Crippen LogP contribution in [-0.2, 0) is 10.0 Å². The summed E-state index contributed by atoms with van der Waals surface area (Å²) >= 11 is 0. The van der Waals surface area contributed by atoms with Crippen molar-refractivity contribution in [1.82, 2.24) is 14.9 Å². The van der Waals surface area contributed by atoms with Gasteiger partial charge in [-0.15, -0.1) is 0 Å². The summed E-state index contributed by atoms with van der Waals surface area (Å²) in [6.45, 7) is 8.57. The summed E-state index contributed by atoms with van der Waals surface area (Å²) < 4.78 is 26.0. The predicted molar refractivity (Wildman–Crippen MR) is 98.5 cm³/mol. The Hall–Kier alpha value is -0.170. The Morgan fingerprint density at radius 1 is 1.08 bits per heavy atom. The maximum atomic E-state index is 11.6. The average molecular weight is 358 g/mol. The second-order valence-electron chi connectivity index (χ2n) is 8.35. The lowest BCUT2D eigenvalue weighted by Crippen LogP contribution is -2.44.